The average Bonchev–Trinajstić information content (AvgIpc) is 2.91. The van der Waals surface area contributed by atoms with E-state index in [2.05, 4.69) is 0 Å². The molecule has 0 bridgehead atoms. The Labute approximate surface area is 98.5 Å². The van der Waals surface area contributed by atoms with Gasteiger partial charge in [-0.2, -0.15) is 0 Å². The van der Waals surface area contributed by atoms with E-state index in [9.17, 15) is 8.78 Å². The lowest BCUT2D eigenvalue weighted by molar-refractivity contribution is 0.0888. The van der Waals surface area contributed by atoms with Crippen LogP contribution >= 0.6 is 0 Å². The fraction of sp³-hybridized carbons (Fsp3) is 0.500. The Kier molecular flexibility index (Phi) is 2.73. The van der Waals surface area contributed by atoms with Gasteiger partial charge < -0.3 is 15.2 Å². The lowest BCUT2D eigenvalue weighted by atomic mass is 9.94. The second kappa shape index (κ2) is 3.84. The summed E-state index contributed by atoms with van der Waals surface area (Å²) in [6.07, 6.45) is -0.236. The molecule has 0 heterocycles. The van der Waals surface area contributed by atoms with Gasteiger partial charge in [0.2, 0.25) is 0 Å². The Bertz CT molecular complexity index is 437. The normalized spacial score (nSPS) is 25.5. The van der Waals surface area contributed by atoms with E-state index < -0.39 is 11.3 Å². The third-order valence-corrected chi connectivity index (χ3v) is 3.37. The van der Waals surface area contributed by atoms with Crippen LogP contribution in [0.1, 0.15) is 12.0 Å². The smallest absolute Gasteiger partial charge is 0.260 e. The van der Waals surface area contributed by atoms with Gasteiger partial charge in [0.15, 0.2) is 11.5 Å². The van der Waals surface area contributed by atoms with Gasteiger partial charge in [-0.15, -0.1) is 0 Å². The Balaban J connectivity index is 2.53. The highest BCUT2D eigenvalue weighted by Crippen LogP contribution is 2.63. The minimum absolute atomic E-state index is 0.108. The van der Waals surface area contributed by atoms with Gasteiger partial charge in [-0.25, -0.2) is 8.78 Å². The van der Waals surface area contributed by atoms with Gasteiger partial charge in [0, 0.05) is 18.5 Å². The number of rotatable bonds is 4. The molecule has 2 N–H and O–H groups in total. The second-order valence-electron chi connectivity index (χ2n) is 4.21. The van der Waals surface area contributed by atoms with Crippen LogP contribution in [0.3, 0.4) is 0 Å². The average molecular weight is 243 g/mol. The van der Waals surface area contributed by atoms with Crippen LogP contribution in [0, 0.1) is 0 Å². The highest BCUT2D eigenvalue weighted by Gasteiger charge is 2.72. The minimum atomic E-state index is -2.76. The molecular weight excluding hydrogens is 228 g/mol. The first-order valence-corrected chi connectivity index (χ1v) is 5.32. The standard InChI is InChI=1S/C12H15F2NO2/c1-16-9-5-3-4-8(10(9)17-2)11(7-15)6-12(11,13)14/h3-5H,6-7,15H2,1-2H3. The van der Waals surface area contributed by atoms with Gasteiger partial charge in [0.1, 0.15) is 0 Å². The highest BCUT2D eigenvalue weighted by molar-refractivity contribution is 5.54. The molecule has 0 aromatic heterocycles. The van der Waals surface area contributed by atoms with E-state index in [0.717, 1.165) is 0 Å². The highest BCUT2D eigenvalue weighted by atomic mass is 19.3. The van der Waals surface area contributed by atoms with Crippen molar-refractivity contribution in [3.8, 4) is 11.5 Å². The molecule has 1 atom stereocenters. The summed E-state index contributed by atoms with van der Waals surface area (Å²) in [7, 11) is 2.91. The van der Waals surface area contributed by atoms with Gasteiger partial charge in [-0.1, -0.05) is 12.1 Å². The molecule has 1 aliphatic rings. The number of benzene rings is 1. The lowest BCUT2D eigenvalue weighted by Gasteiger charge is -2.19. The molecule has 1 aromatic carbocycles. The third-order valence-electron chi connectivity index (χ3n) is 3.37. The zero-order valence-electron chi connectivity index (χ0n) is 9.80. The summed E-state index contributed by atoms with van der Waals surface area (Å²) in [5.41, 5.74) is 4.64. The molecule has 5 heteroatoms. The summed E-state index contributed by atoms with van der Waals surface area (Å²) in [5.74, 6) is -1.97. The molecule has 2 rings (SSSR count). The van der Waals surface area contributed by atoms with Crippen molar-refractivity contribution in [1.29, 1.82) is 0 Å². The topological polar surface area (TPSA) is 44.5 Å². The van der Waals surface area contributed by atoms with Crippen LogP contribution in [-0.2, 0) is 5.41 Å². The van der Waals surface area contributed by atoms with Crippen molar-refractivity contribution < 1.29 is 18.3 Å². The van der Waals surface area contributed by atoms with Crippen molar-refractivity contribution in [2.45, 2.75) is 17.8 Å². The van der Waals surface area contributed by atoms with Crippen molar-refractivity contribution in [1.82, 2.24) is 0 Å². The van der Waals surface area contributed by atoms with Crippen molar-refractivity contribution in [3.05, 3.63) is 23.8 Å². The number of para-hydroxylation sites is 1. The zero-order chi connectivity index (χ0) is 12.7. The zero-order valence-corrected chi connectivity index (χ0v) is 9.80. The maximum Gasteiger partial charge on any atom is 0.260 e. The Morgan fingerprint density at radius 3 is 2.35 bits per heavy atom. The molecule has 17 heavy (non-hydrogen) atoms. The van der Waals surface area contributed by atoms with Crippen LogP contribution in [-0.4, -0.2) is 26.7 Å². The quantitative estimate of drug-likeness (QED) is 0.879. The van der Waals surface area contributed by atoms with Crippen molar-refractivity contribution in [3.63, 3.8) is 0 Å². The Hall–Kier alpha value is -1.36. The summed E-state index contributed by atoms with van der Waals surface area (Å²) < 4.78 is 37.3. The Morgan fingerprint density at radius 2 is 1.94 bits per heavy atom. The van der Waals surface area contributed by atoms with Gasteiger partial charge in [-0.3, -0.25) is 0 Å². The van der Waals surface area contributed by atoms with Crippen LogP contribution < -0.4 is 15.2 Å². The molecule has 1 saturated carbocycles. The molecule has 0 saturated heterocycles. The van der Waals surface area contributed by atoms with E-state index in [-0.39, 0.29) is 13.0 Å². The van der Waals surface area contributed by atoms with Crippen molar-refractivity contribution in [2.24, 2.45) is 5.73 Å². The predicted molar refractivity (Wildman–Crippen MR) is 59.8 cm³/mol. The van der Waals surface area contributed by atoms with E-state index in [1.165, 1.54) is 14.2 Å². The van der Waals surface area contributed by atoms with E-state index in [0.29, 0.717) is 17.1 Å². The summed E-state index contributed by atoms with van der Waals surface area (Å²) in [5, 5.41) is 0. The molecular formula is C12H15F2NO2. The molecule has 1 aliphatic carbocycles. The van der Waals surface area contributed by atoms with Crippen LogP contribution in [0.25, 0.3) is 0 Å². The van der Waals surface area contributed by atoms with Crippen LogP contribution in [0.5, 0.6) is 11.5 Å². The predicted octanol–water partition coefficient (Wildman–Crippen LogP) is 1.94. The number of halogens is 2. The SMILES string of the molecule is COc1cccc(C2(CN)CC2(F)F)c1OC. The number of ether oxygens (including phenoxy) is 2. The maximum absolute atomic E-state index is 13.5. The summed E-state index contributed by atoms with van der Waals surface area (Å²) in [6.45, 7) is -0.108. The largest absolute Gasteiger partial charge is 0.493 e. The van der Waals surface area contributed by atoms with Crippen LogP contribution in [0.15, 0.2) is 18.2 Å². The number of alkyl halides is 2. The van der Waals surface area contributed by atoms with E-state index in [1.807, 2.05) is 0 Å². The number of nitrogens with two attached hydrogens (primary N) is 1. The fourth-order valence-corrected chi connectivity index (χ4v) is 2.22. The maximum atomic E-state index is 13.5. The van der Waals surface area contributed by atoms with E-state index >= 15 is 0 Å². The first kappa shape index (κ1) is 12.1. The minimum Gasteiger partial charge on any atom is -0.493 e. The molecule has 0 radical (unpaired) electrons. The lowest BCUT2D eigenvalue weighted by Crippen LogP contribution is -2.27. The third kappa shape index (κ3) is 1.57. The molecule has 94 valence electrons. The number of hydrogen-bond acceptors (Lipinski definition) is 3. The monoisotopic (exact) mass is 243 g/mol. The summed E-state index contributed by atoms with van der Waals surface area (Å²) >= 11 is 0. The molecule has 1 unspecified atom stereocenters. The van der Waals surface area contributed by atoms with Crippen molar-refractivity contribution in [2.75, 3.05) is 20.8 Å². The van der Waals surface area contributed by atoms with Crippen molar-refractivity contribution >= 4 is 0 Å². The van der Waals surface area contributed by atoms with E-state index in [4.69, 9.17) is 15.2 Å². The summed E-state index contributed by atoms with van der Waals surface area (Å²) in [6, 6.07) is 4.96. The van der Waals surface area contributed by atoms with E-state index in [1.54, 1.807) is 18.2 Å². The van der Waals surface area contributed by atoms with Crippen LogP contribution in [0.4, 0.5) is 8.78 Å². The molecule has 0 amide bonds. The first-order chi connectivity index (χ1) is 8.02. The van der Waals surface area contributed by atoms with Gasteiger partial charge in [0.05, 0.1) is 19.6 Å². The molecule has 1 fully saturated rings. The second-order valence-corrected chi connectivity index (χ2v) is 4.21. The molecule has 3 nitrogen and oxygen atoms in total. The molecule has 0 spiro atoms. The number of methoxy groups -OCH3 is 2. The van der Waals surface area contributed by atoms with Gasteiger partial charge in [-0.05, 0) is 6.07 Å². The Morgan fingerprint density at radius 1 is 1.29 bits per heavy atom. The summed E-state index contributed by atoms with van der Waals surface area (Å²) in [4.78, 5) is 0. The van der Waals surface area contributed by atoms with Gasteiger partial charge in [0.25, 0.3) is 5.92 Å². The van der Waals surface area contributed by atoms with Crippen LogP contribution in [0.2, 0.25) is 0 Å². The molecule has 0 aliphatic heterocycles. The molecule has 1 aromatic rings. The fourth-order valence-electron chi connectivity index (χ4n) is 2.22. The van der Waals surface area contributed by atoms with Gasteiger partial charge >= 0.3 is 0 Å². The number of hydrogen-bond donors (Lipinski definition) is 1. The first-order valence-electron chi connectivity index (χ1n) is 5.32.